The summed E-state index contributed by atoms with van der Waals surface area (Å²) in [5.74, 6) is 1.28. The molecule has 0 fully saturated rings. The molecule has 0 bridgehead atoms. The second-order valence-electron chi connectivity index (χ2n) is 8.53. The van der Waals surface area contributed by atoms with E-state index >= 15 is 0 Å². The number of ether oxygens (including phenoxy) is 3. The molecule has 0 unspecified atom stereocenters. The Balaban J connectivity index is 1.37. The van der Waals surface area contributed by atoms with Gasteiger partial charge in [0, 0.05) is 27.6 Å². The first-order valence-electron chi connectivity index (χ1n) is 11.9. The van der Waals surface area contributed by atoms with Crippen LogP contribution in [-0.4, -0.2) is 36.8 Å². The molecule has 0 radical (unpaired) electrons. The molecule has 2 aromatic heterocycles. The average molecular weight is 528 g/mol. The highest BCUT2D eigenvalue weighted by Crippen LogP contribution is 2.38. The van der Waals surface area contributed by atoms with Gasteiger partial charge in [-0.05, 0) is 60.2 Å². The maximum absolute atomic E-state index is 12.6. The molecule has 0 spiro atoms. The first-order chi connectivity index (χ1) is 18.5. The predicted octanol–water partition coefficient (Wildman–Crippen LogP) is 6.19. The Morgan fingerprint density at radius 2 is 1.63 bits per heavy atom. The van der Waals surface area contributed by atoms with Crippen molar-refractivity contribution in [3.05, 3.63) is 95.3 Å². The number of benzene rings is 3. The van der Waals surface area contributed by atoms with Crippen LogP contribution in [0.4, 0.5) is 0 Å². The number of hydrogen-bond donors (Lipinski definition) is 1. The van der Waals surface area contributed by atoms with Crippen LogP contribution in [0.25, 0.3) is 33.6 Å². The topological polar surface area (TPSA) is 74.6 Å². The summed E-state index contributed by atoms with van der Waals surface area (Å²) in [6, 6.07) is 21.5. The van der Waals surface area contributed by atoms with Crippen molar-refractivity contribution < 1.29 is 19.0 Å². The van der Waals surface area contributed by atoms with Crippen molar-refractivity contribution in [3.63, 3.8) is 0 Å². The Labute approximate surface area is 225 Å². The van der Waals surface area contributed by atoms with Crippen LogP contribution >= 0.6 is 11.6 Å². The summed E-state index contributed by atoms with van der Waals surface area (Å²) in [6.07, 6.45) is 5.00. The van der Waals surface area contributed by atoms with Crippen LogP contribution in [0.2, 0.25) is 5.02 Å². The number of pyridine rings is 1. The van der Waals surface area contributed by atoms with E-state index in [-0.39, 0.29) is 12.5 Å². The summed E-state index contributed by atoms with van der Waals surface area (Å²) in [7, 11) is 4.65. The van der Waals surface area contributed by atoms with Crippen molar-refractivity contribution in [1.82, 2.24) is 14.9 Å². The lowest BCUT2D eigenvalue weighted by Gasteiger charge is -2.12. The average Bonchev–Trinajstić information content (AvgIpc) is 3.28. The van der Waals surface area contributed by atoms with Crippen LogP contribution < -0.4 is 19.5 Å². The molecule has 38 heavy (non-hydrogen) atoms. The Morgan fingerprint density at radius 3 is 2.32 bits per heavy atom. The normalized spacial score (nSPS) is 11.3. The number of carbonyl (C=O) groups is 1. The van der Waals surface area contributed by atoms with Crippen molar-refractivity contribution in [1.29, 1.82) is 0 Å². The SMILES string of the molecule is COc1cc(/C=C/C(=O)NCc2cc3c4ccccc4n(-c4ccc(Cl)cc4)c3cn2)cc(OC)c1OC. The van der Waals surface area contributed by atoms with E-state index in [1.54, 1.807) is 39.5 Å². The molecule has 192 valence electrons. The molecule has 0 atom stereocenters. The molecular weight excluding hydrogens is 502 g/mol. The summed E-state index contributed by atoms with van der Waals surface area (Å²) in [6.45, 7) is 0.287. The maximum Gasteiger partial charge on any atom is 0.244 e. The van der Waals surface area contributed by atoms with Crippen LogP contribution in [0, 0.1) is 0 Å². The van der Waals surface area contributed by atoms with Gasteiger partial charge in [0.25, 0.3) is 0 Å². The van der Waals surface area contributed by atoms with E-state index < -0.39 is 0 Å². The summed E-state index contributed by atoms with van der Waals surface area (Å²) in [4.78, 5) is 17.2. The quantitative estimate of drug-likeness (QED) is 0.244. The number of nitrogens with zero attached hydrogens (tertiary/aromatic N) is 2. The highest BCUT2D eigenvalue weighted by atomic mass is 35.5. The fourth-order valence-electron chi connectivity index (χ4n) is 4.48. The third-order valence-electron chi connectivity index (χ3n) is 6.26. The molecular formula is C30H26ClN3O4. The van der Waals surface area contributed by atoms with Gasteiger partial charge in [-0.1, -0.05) is 29.8 Å². The monoisotopic (exact) mass is 527 g/mol. The molecule has 8 heteroatoms. The molecule has 1 N–H and O–H groups in total. The van der Waals surface area contributed by atoms with Gasteiger partial charge in [0.1, 0.15) is 0 Å². The Hall–Kier alpha value is -4.49. The van der Waals surface area contributed by atoms with Gasteiger partial charge in [-0.2, -0.15) is 0 Å². The summed E-state index contributed by atoms with van der Waals surface area (Å²) in [5.41, 5.74) is 4.54. The van der Waals surface area contributed by atoms with E-state index in [1.807, 2.05) is 48.7 Å². The lowest BCUT2D eigenvalue weighted by atomic mass is 10.1. The van der Waals surface area contributed by atoms with E-state index in [0.717, 1.165) is 38.8 Å². The van der Waals surface area contributed by atoms with Crippen LogP contribution in [0.3, 0.4) is 0 Å². The van der Waals surface area contributed by atoms with Gasteiger partial charge in [-0.3, -0.25) is 9.78 Å². The minimum absolute atomic E-state index is 0.246. The molecule has 5 aromatic rings. The number of aromatic nitrogens is 2. The maximum atomic E-state index is 12.6. The van der Waals surface area contributed by atoms with Crippen LogP contribution in [0.15, 0.2) is 79.0 Å². The van der Waals surface area contributed by atoms with Gasteiger partial charge in [-0.15, -0.1) is 0 Å². The zero-order valence-electron chi connectivity index (χ0n) is 21.2. The van der Waals surface area contributed by atoms with Gasteiger partial charge in [0.2, 0.25) is 11.7 Å². The molecule has 3 aromatic carbocycles. The lowest BCUT2D eigenvalue weighted by molar-refractivity contribution is -0.116. The second kappa shape index (κ2) is 10.9. The number of para-hydroxylation sites is 1. The number of nitrogens with one attached hydrogen (secondary N) is 1. The predicted molar refractivity (Wildman–Crippen MR) is 151 cm³/mol. The molecule has 0 saturated carbocycles. The zero-order chi connectivity index (χ0) is 26.6. The minimum atomic E-state index is -0.246. The largest absolute Gasteiger partial charge is 0.493 e. The van der Waals surface area contributed by atoms with Gasteiger partial charge in [0.05, 0.1) is 50.8 Å². The third kappa shape index (κ3) is 4.88. The molecule has 5 rings (SSSR count). The highest BCUT2D eigenvalue weighted by Gasteiger charge is 2.14. The fraction of sp³-hybridized carbons (Fsp3) is 0.133. The van der Waals surface area contributed by atoms with Gasteiger partial charge in [-0.25, -0.2) is 0 Å². The number of rotatable bonds is 8. The van der Waals surface area contributed by atoms with E-state index in [9.17, 15) is 4.79 Å². The first-order valence-corrected chi connectivity index (χ1v) is 12.3. The Morgan fingerprint density at radius 1 is 0.921 bits per heavy atom. The van der Waals surface area contributed by atoms with E-state index in [4.69, 9.17) is 25.8 Å². The first kappa shape index (κ1) is 25.2. The Bertz CT molecular complexity index is 1630. The standard InChI is InChI=1S/C30H26ClN3O4/c1-36-27-14-19(15-28(37-2)30(27)38-3)8-13-29(35)33-17-21-16-24-23-6-4-5-7-25(23)34(26(24)18-32-21)22-11-9-20(31)10-12-22/h4-16,18H,17H2,1-3H3,(H,33,35)/b13-8+. The number of halogens is 1. The van der Waals surface area contributed by atoms with Gasteiger partial charge < -0.3 is 24.1 Å². The van der Waals surface area contributed by atoms with Crippen molar-refractivity contribution in [2.45, 2.75) is 6.54 Å². The minimum Gasteiger partial charge on any atom is -0.493 e. The summed E-state index contributed by atoms with van der Waals surface area (Å²) >= 11 is 6.11. The second-order valence-corrected chi connectivity index (χ2v) is 8.97. The van der Waals surface area contributed by atoms with E-state index in [0.29, 0.717) is 22.3 Å². The molecule has 0 saturated heterocycles. The van der Waals surface area contributed by atoms with Crippen molar-refractivity contribution >= 4 is 45.4 Å². The van der Waals surface area contributed by atoms with Crippen LogP contribution in [0.1, 0.15) is 11.3 Å². The summed E-state index contributed by atoms with van der Waals surface area (Å²) in [5, 5.41) is 5.76. The number of methoxy groups -OCH3 is 3. The fourth-order valence-corrected chi connectivity index (χ4v) is 4.61. The molecule has 0 aliphatic heterocycles. The number of amides is 1. The molecule has 0 aliphatic rings. The van der Waals surface area contributed by atoms with Crippen LogP contribution in [0.5, 0.6) is 17.2 Å². The summed E-state index contributed by atoms with van der Waals surface area (Å²) < 4.78 is 18.3. The molecule has 2 heterocycles. The van der Waals surface area contributed by atoms with Crippen molar-refractivity contribution in [2.24, 2.45) is 0 Å². The van der Waals surface area contributed by atoms with E-state index in [1.165, 1.54) is 6.08 Å². The van der Waals surface area contributed by atoms with Crippen LogP contribution in [-0.2, 0) is 11.3 Å². The number of hydrogen-bond acceptors (Lipinski definition) is 5. The zero-order valence-corrected chi connectivity index (χ0v) is 22.0. The highest BCUT2D eigenvalue weighted by molar-refractivity contribution is 6.30. The smallest absolute Gasteiger partial charge is 0.244 e. The number of carbonyl (C=O) groups excluding carboxylic acids is 1. The van der Waals surface area contributed by atoms with Gasteiger partial charge in [0.15, 0.2) is 11.5 Å². The third-order valence-corrected chi connectivity index (χ3v) is 6.51. The van der Waals surface area contributed by atoms with Gasteiger partial charge >= 0.3 is 0 Å². The van der Waals surface area contributed by atoms with Crippen molar-refractivity contribution in [2.75, 3.05) is 21.3 Å². The molecule has 0 aliphatic carbocycles. The Kier molecular flexibility index (Phi) is 7.20. The van der Waals surface area contributed by atoms with E-state index in [2.05, 4.69) is 27.0 Å². The molecule has 7 nitrogen and oxygen atoms in total. The number of fused-ring (bicyclic) bond motifs is 3. The van der Waals surface area contributed by atoms with Crippen molar-refractivity contribution in [3.8, 4) is 22.9 Å². The lowest BCUT2D eigenvalue weighted by Crippen LogP contribution is -2.20. The molecule has 1 amide bonds.